The van der Waals surface area contributed by atoms with E-state index in [1.165, 1.54) is 0 Å². The summed E-state index contributed by atoms with van der Waals surface area (Å²) in [4.78, 5) is 10.8. The summed E-state index contributed by atoms with van der Waals surface area (Å²) in [7, 11) is 3.23. The summed E-state index contributed by atoms with van der Waals surface area (Å²) < 4.78 is 10.7. The van der Waals surface area contributed by atoms with Gasteiger partial charge in [-0.3, -0.25) is 0 Å². The maximum Gasteiger partial charge on any atom is 0.335 e. The van der Waals surface area contributed by atoms with Crippen molar-refractivity contribution in [1.29, 1.82) is 0 Å². The van der Waals surface area contributed by atoms with Crippen LogP contribution in [0.4, 0.5) is 0 Å². The minimum absolute atomic E-state index is 0. The topological polar surface area (TPSA) is 67.8 Å². The van der Waals surface area contributed by atoms with Gasteiger partial charge in [-0.05, 0) is 23.8 Å². The zero-order valence-electron chi connectivity index (χ0n) is 13.0. The third kappa shape index (κ3) is 4.87. The summed E-state index contributed by atoms with van der Waals surface area (Å²) in [6.45, 7) is 1.27. The van der Waals surface area contributed by atoms with Crippen LogP contribution < -0.4 is 14.8 Å². The molecule has 0 radical (unpaired) electrons. The fourth-order valence-corrected chi connectivity index (χ4v) is 2.20. The minimum Gasteiger partial charge on any atom is -0.493 e. The number of halogens is 1. The van der Waals surface area contributed by atoms with Crippen LogP contribution in [-0.2, 0) is 13.1 Å². The van der Waals surface area contributed by atoms with Crippen LogP contribution in [0.1, 0.15) is 21.5 Å². The van der Waals surface area contributed by atoms with Gasteiger partial charge in [0.1, 0.15) is 0 Å². The van der Waals surface area contributed by atoms with Crippen molar-refractivity contribution in [3.05, 3.63) is 59.2 Å². The number of benzene rings is 2. The molecule has 0 atom stereocenters. The van der Waals surface area contributed by atoms with Crippen LogP contribution in [0.3, 0.4) is 0 Å². The van der Waals surface area contributed by atoms with E-state index in [1.54, 1.807) is 38.5 Å². The Hall–Kier alpha value is -2.24. The van der Waals surface area contributed by atoms with Gasteiger partial charge in [-0.25, -0.2) is 4.79 Å². The van der Waals surface area contributed by atoms with Crippen LogP contribution in [0.5, 0.6) is 11.5 Å². The Morgan fingerprint density at radius 1 is 1.04 bits per heavy atom. The molecule has 2 aromatic rings. The molecule has 0 heterocycles. The first-order valence-electron chi connectivity index (χ1n) is 6.88. The normalized spacial score (nSPS) is 9.83. The Balaban J connectivity index is 0.00000264. The summed E-state index contributed by atoms with van der Waals surface area (Å²) in [6, 6.07) is 12.6. The lowest BCUT2D eigenvalue weighted by atomic mass is 10.1. The summed E-state index contributed by atoms with van der Waals surface area (Å²) >= 11 is 0. The standard InChI is InChI=1S/C17H19NO4.ClH/c1-21-15-5-3-4-14(16(15)22-2)11-18-10-12-6-8-13(9-7-12)17(19)20;/h3-9,18H,10-11H2,1-2H3,(H,19,20);1H. The van der Waals surface area contributed by atoms with E-state index in [-0.39, 0.29) is 12.4 Å². The Morgan fingerprint density at radius 3 is 2.30 bits per heavy atom. The molecule has 124 valence electrons. The second-order valence-electron chi connectivity index (χ2n) is 4.76. The third-order valence-corrected chi connectivity index (χ3v) is 3.33. The zero-order valence-corrected chi connectivity index (χ0v) is 13.9. The van der Waals surface area contributed by atoms with Gasteiger partial charge in [0.2, 0.25) is 0 Å². The van der Waals surface area contributed by atoms with Crippen LogP contribution in [-0.4, -0.2) is 25.3 Å². The van der Waals surface area contributed by atoms with E-state index in [0.717, 1.165) is 16.9 Å². The molecule has 0 amide bonds. The van der Waals surface area contributed by atoms with Crippen LogP contribution >= 0.6 is 12.4 Å². The van der Waals surface area contributed by atoms with Crippen molar-refractivity contribution in [2.24, 2.45) is 0 Å². The molecule has 0 unspecified atom stereocenters. The molecule has 0 bridgehead atoms. The number of hydrogen-bond donors (Lipinski definition) is 2. The second kappa shape index (κ2) is 9.02. The number of rotatable bonds is 7. The number of carbonyl (C=O) groups is 1. The summed E-state index contributed by atoms with van der Waals surface area (Å²) in [5.74, 6) is 0.506. The highest BCUT2D eigenvalue weighted by Crippen LogP contribution is 2.30. The molecule has 0 aliphatic rings. The average molecular weight is 338 g/mol. The molecule has 0 aromatic heterocycles. The molecule has 6 heteroatoms. The largest absolute Gasteiger partial charge is 0.493 e. The number of carboxylic acid groups (broad SMARTS) is 1. The fraction of sp³-hybridized carbons (Fsp3) is 0.235. The number of para-hydroxylation sites is 1. The van der Waals surface area contributed by atoms with Gasteiger partial charge in [0.15, 0.2) is 11.5 Å². The molecule has 0 saturated carbocycles. The van der Waals surface area contributed by atoms with Gasteiger partial charge in [0.05, 0.1) is 19.8 Å². The maximum absolute atomic E-state index is 10.8. The van der Waals surface area contributed by atoms with Crippen LogP contribution in [0.2, 0.25) is 0 Å². The molecule has 0 saturated heterocycles. The van der Waals surface area contributed by atoms with Gasteiger partial charge >= 0.3 is 5.97 Å². The van der Waals surface area contributed by atoms with Crippen LogP contribution in [0.25, 0.3) is 0 Å². The van der Waals surface area contributed by atoms with Crippen molar-refractivity contribution >= 4 is 18.4 Å². The van der Waals surface area contributed by atoms with Crippen LogP contribution in [0.15, 0.2) is 42.5 Å². The second-order valence-corrected chi connectivity index (χ2v) is 4.76. The fourth-order valence-electron chi connectivity index (χ4n) is 2.20. The number of nitrogens with one attached hydrogen (secondary N) is 1. The molecular formula is C17H20ClNO4. The first-order chi connectivity index (χ1) is 10.7. The van der Waals surface area contributed by atoms with Crippen molar-refractivity contribution in [2.45, 2.75) is 13.1 Å². The summed E-state index contributed by atoms with van der Waals surface area (Å²) in [5, 5.41) is 12.2. The van der Waals surface area contributed by atoms with Crippen molar-refractivity contribution < 1.29 is 19.4 Å². The summed E-state index contributed by atoms with van der Waals surface area (Å²) in [5.41, 5.74) is 2.31. The maximum atomic E-state index is 10.8. The lowest BCUT2D eigenvalue weighted by Gasteiger charge is -2.13. The van der Waals surface area contributed by atoms with E-state index in [0.29, 0.717) is 24.4 Å². The Labute approximate surface area is 141 Å². The smallest absolute Gasteiger partial charge is 0.335 e. The van der Waals surface area contributed by atoms with E-state index in [2.05, 4.69) is 5.32 Å². The lowest BCUT2D eigenvalue weighted by Crippen LogP contribution is -2.13. The highest BCUT2D eigenvalue weighted by atomic mass is 35.5. The average Bonchev–Trinajstić information content (AvgIpc) is 2.55. The van der Waals surface area contributed by atoms with E-state index >= 15 is 0 Å². The monoisotopic (exact) mass is 337 g/mol. The van der Waals surface area contributed by atoms with Gasteiger partial charge in [-0.15, -0.1) is 12.4 Å². The molecule has 2 rings (SSSR count). The Morgan fingerprint density at radius 2 is 1.74 bits per heavy atom. The van der Waals surface area contributed by atoms with E-state index in [4.69, 9.17) is 14.6 Å². The molecule has 23 heavy (non-hydrogen) atoms. The summed E-state index contributed by atoms with van der Waals surface area (Å²) in [6.07, 6.45) is 0. The molecule has 0 spiro atoms. The first-order valence-corrected chi connectivity index (χ1v) is 6.88. The number of carboxylic acids is 1. The molecule has 0 aliphatic carbocycles. The molecule has 0 fully saturated rings. The van der Waals surface area contributed by atoms with Crippen molar-refractivity contribution in [2.75, 3.05) is 14.2 Å². The van der Waals surface area contributed by atoms with E-state index < -0.39 is 5.97 Å². The predicted octanol–water partition coefficient (Wildman–Crippen LogP) is 3.11. The first kappa shape index (κ1) is 18.8. The predicted molar refractivity (Wildman–Crippen MR) is 90.7 cm³/mol. The minimum atomic E-state index is -0.916. The number of aromatic carboxylic acids is 1. The third-order valence-electron chi connectivity index (χ3n) is 3.33. The molecule has 2 aromatic carbocycles. The lowest BCUT2D eigenvalue weighted by molar-refractivity contribution is 0.0697. The van der Waals surface area contributed by atoms with Gasteiger partial charge in [0.25, 0.3) is 0 Å². The van der Waals surface area contributed by atoms with Gasteiger partial charge in [-0.1, -0.05) is 24.3 Å². The molecule has 0 aliphatic heterocycles. The molecule has 2 N–H and O–H groups in total. The quantitative estimate of drug-likeness (QED) is 0.812. The van der Waals surface area contributed by atoms with Crippen molar-refractivity contribution in [3.8, 4) is 11.5 Å². The Bertz CT molecular complexity index is 644. The molecule has 5 nitrogen and oxygen atoms in total. The van der Waals surface area contributed by atoms with Crippen molar-refractivity contribution in [1.82, 2.24) is 5.32 Å². The van der Waals surface area contributed by atoms with Gasteiger partial charge in [0, 0.05) is 18.7 Å². The molecular weight excluding hydrogens is 318 g/mol. The van der Waals surface area contributed by atoms with Crippen molar-refractivity contribution in [3.63, 3.8) is 0 Å². The van der Waals surface area contributed by atoms with Gasteiger partial charge < -0.3 is 19.9 Å². The zero-order chi connectivity index (χ0) is 15.9. The highest BCUT2D eigenvalue weighted by Gasteiger charge is 2.09. The van der Waals surface area contributed by atoms with Crippen LogP contribution in [0, 0.1) is 0 Å². The van der Waals surface area contributed by atoms with Gasteiger partial charge in [-0.2, -0.15) is 0 Å². The SMILES string of the molecule is COc1cccc(CNCc2ccc(C(=O)O)cc2)c1OC.Cl. The number of hydrogen-bond acceptors (Lipinski definition) is 4. The Kier molecular flexibility index (Phi) is 7.38. The van der Waals surface area contributed by atoms with E-state index in [1.807, 2.05) is 18.2 Å². The van der Waals surface area contributed by atoms with E-state index in [9.17, 15) is 4.79 Å². The number of methoxy groups -OCH3 is 2. The highest BCUT2D eigenvalue weighted by molar-refractivity contribution is 5.87. The number of ether oxygens (including phenoxy) is 2.